The highest BCUT2D eigenvalue weighted by Crippen LogP contribution is 2.30. The second-order valence-corrected chi connectivity index (χ2v) is 3.03. The second-order valence-electron chi connectivity index (χ2n) is 3.03. The van der Waals surface area contributed by atoms with Crippen LogP contribution in [-0.4, -0.2) is 31.1 Å². The molecule has 0 unspecified atom stereocenters. The molecule has 0 aliphatic heterocycles. The van der Waals surface area contributed by atoms with Crippen molar-refractivity contribution in [3.63, 3.8) is 0 Å². The number of hydrogen-bond acceptors (Lipinski definition) is 2. The van der Waals surface area contributed by atoms with E-state index in [-0.39, 0.29) is 0 Å². The van der Waals surface area contributed by atoms with E-state index in [1.807, 2.05) is 0 Å². The van der Waals surface area contributed by atoms with E-state index in [4.69, 9.17) is 0 Å². The molecule has 0 saturated carbocycles. The van der Waals surface area contributed by atoms with Crippen LogP contribution in [0.25, 0.3) is 0 Å². The first kappa shape index (κ1) is 15.7. The monoisotopic (exact) mass is 268 g/mol. The molecular formula is C8H7F7O2. The van der Waals surface area contributed by atoms with Crippen molar-refractivity contribution in [2.45, 2.75) is 24.9 Å². The van der Waals surface area contributed by atoms with Gasteiger partial charge in [0.2, 0.25) is 0 Å². The van der Waals surface area contributed by atoms with Crippen LogP contribution in [0.4, 0.5) is 30.7 Å². The molecule has 0 saturated heterocycles. The van der Waals surface area contributed by atoms with E-state index in [2.05, 4.69) is 11.3 Å². The van der Waals surface area contributed by atoms with Gasteiger partial charge in [-0.2, -0.15) is 22.0 Å². The molecule has 0 aliphatic carbocycles. The molecule has 0 amide bonds. The lowest BCUT2D eigenvalue weighted by atomic mass is 10.1. The van der Waals surface area contributed by atoms with Crippen molar-refractivity contribution in [1.29, 1.82) is 0 Å². The van der Waals surface area contributed by atoms with Crippen LogP contribution < -0.4 is 0 Å². The number of carbonyl (C=O) groups is 1. The zero-order chi connectivity index (χ0) is 13.9. The molecule has 0 fully saturated rings. The quantitative estimate of drug-likeness (QED) is 0.435. The van der Waals surface area contributed by atoms with Crippen LogP contribution in [-0.2, 0) is 9.53 Å². The fourth-order valence-electron chi connectivity index (χ4n) is 0.683. The second kappa shape index (κ2) is 5.37. The Morgan fingerprint density at radius 2 is 1.65 bits per heavy atom. The Hall–Kier alpha value is -1.28. The zero-order valence-electron chi connectivity index (χ0n) is 8.16. The Morgan fingerprint density at radius 1 is 1.18 bits per heavy atom. The van der Waals surface area contributed by atoms with Gasteiger partial charge in [-0.25, -0.2) is 13.6 Å². The van der Waals surface area contributed by atoms with Crippen molar-refractivity contribution >= 4 is 5.97 Å². The number of carbonyl (C=O) groups excluding carboxylic acids is 1. The maximum atomic E-state index is 12.4. The standard InChI is InChI=1S/C8H7F7O2/c1-4(2-7(11,12)6(9)10)5(16)17-3-8(13,14)15/h6H,1-3H2. The van der Waals surface area contributed by atoms with Gasteiger partial charge in [-0.05, 0) is 0 Å². The fourth-order valence-corrected chi connectivity index (χ4v) is 0.683. The lowest BCUT2D eigenvalue weighted by molar-refractivity contribution is -0.184. The minimum Gasteiger partial charge on any atom is -0.453 e. The molecule has 0 atom stereocenters. The summed E-state index contributed by atoms with van der Waals surface area (Å²) in [4.78, 5) is 10.7. The predicted molar refractivity (Wildman–Crippen MR) is 41.7 cm³/mol. The lowest BCUT2D eigenvalue weighted by Gasteiger charge is -2.16. The molecule has 0 rings (SSSR count). The van der Waals surface area contributed by atoms with Gasteiger partial charge in [0.15, 0.2) is 6.61 Å². The van der Waals surface area contributed by atoms with Gasteiger partial charge >= 0.3 is 24.5 Å². The average molecular weight is 268 g/mol. The van der Waals surface area contributed by atoms with Crippen molar-refractivity contribution in [3.8, 4) is 0 Å². The highest BCUT2D eigenvalue weighted by Gasteiger charge is 2.42. The molecule has 100 valence electrons. The molecule has 0 heterocycles. The average Bonchev–Trinajstić information content (AvgIpc) is 2.11. The molecule has 0 radical (unpaired) electrons. The molecule has 0 aliphatic rings. The van der Waals surface area contributed by atoms with Crippen molar-refractivity contribution < 1.29 is 40.3 Å². The smallest absolute Gasteiger partial charge is 0.422 e. The summed E-state index contributed by atoms with van der Waals surface area (Å²) in [5, 5.41) is 0. The van der Waals surface area contributed by atoms with Gasteiger partial charge in [0, 0.05) is 12.0 Å². The topological polar surface area (TPSA) is 26.3 Å². The molecule has 0 aromatic heterocycles. The number of rotatable bonds is 5. The number of halogens is 7. The van der Waals surface area contributed by atoms with Gasteiger partial charge < -0.3 is 4.74 Å². The molecule has 17 heavy (non-hydrogen) atoms. The molecule has 9 heteroatoms. The summed E-state index contributed by atoms with van der Waals surface area (Å²) in [7, 11) is 0. The van der Waals surface area contributed by atoms with Crippen molar-refractivity contribution in [2.24, 2.45) is 0 Å². The van der Waals surface area contributed by atoms with Crippen molar-refractivity contribution in [2.75, 3.05) is 6.61 Å². The summed E-state index contributed by atoms with van der Waals surface area (Å²) in [6, 6.07) is 0. The first-order chi connectivity index (χ1) is 7.46. The summed E-state index contributed by atoms with van der Waals surface area (Å²) in [6.45, 7) is 0.673. The molecule has 2 nitrogen and oxygen atoms in total. The molecule has 0 aromatic carbocycles. The third-order valence-corrected chi connectivity index (χ3v) is 1.42. The minimum atomic E-state index is -4.83. The van der Waals surface area contributed by atoms with Crippen molar-refractivity contribution in [3.05, 3.63) is 12.2 Å². The van der Waals surface area contributed by atoms with Crippen LogP contribution >= 0.6 is 0 Å². The third-order valence-electron chi connectivity index (χ3n) is 1.42. The van der Waals surface area contributed by atoms with Gasteiger partial charge in [-0.15, -0.1) is 0 Å². The van der Waals surface area contributed by atoms with Gasteiger partial charge in [-0.3, -0.25) is 0 Å². The van der Waals surface area contributed by atoms with E-state index >= 15 is 0 Å². The van der Waals surface area contributed by atoms with Crippen molar-refractivity contribution in [1.82, 2.24) is 0 Å². The normalized spacial score (nSPS) is 12.7. The third kappa shape index (κ3) is 6.12. The highest BCUT2D eigenvalue weighted by molar-refractivity contribution is 5.87. The van der Waals surface area contributed by atoms with Crippen LogP contribution in [0.15, 0.2) is 12.2 Å². The Bertz CT molecular complexity index is 295. The van der Waals surface area contributed by atoms with Gasteiger partial charge in [0.05, 0.1) is 0 Å². The zero-order valence-corrected chi connectivity index (χ0v) is 8.16. The van der Waals surface area contributed by atoms with Crippen LogP contribution in [0.5, 0.6) is 0 Å². The maximum absolute atomic E-state index is 12.4. The summed E-state index contributed by atoms with van der Waals surface area (Å²) in [5.41, 5.74) is -1.15. The van der Waals surface area contributed by atoms with Gasteiger partial charge in [0.25, 0.3) is 0 Å². The molecular weight excluding hydrogens is 261 g/mol. The molecule has 0 spiro atoms. The van der Waals surface area contributed by atoms with Gasteiger partial charge in [-0.1, -0.05) is 6.58 Å². The first-order valence-corrected chi connectivity index (χ1v) is 4.03. The largest absolute Gasteiger partial charge is 0.453 e. The molecule has 0 N–H and O–H groups in total. The van der Waals surface area contributed by atoms with E-state index in [0.717, 1.165) is 0 Å². The Kier molecular flexibility index (Phi) is 4.96. The lowest BCUT2D eigenvalue weighted by Crippen LogP contribution is -2.29. The Labute approximate surface area is 91.0 Å². The Balaban J connectivity index is 4.30. The van der Waals surface area contributed by atoms with E-state index in [1.165, 1.54) is 0 Å². The molecule has 0 bridgehead atoms. The highest BCUT2D eigenvalue weighted by atomic mass is 19.4. The number of hydrogen-bond donors (Lipinski definition) is 0. The van der Waals surface area contributed by atoms with Crippen LogP contribution in [0, 0.1) is 0 Å². The number of ether oxygens (including phenoxy) is 1. The van der Waals surface area contributed by atoms with Crippen LogP contribution in [0.2, 0.25) is 0 Å². The first-order valence-electron chi connectivity index (χ1n) is 4.03. The fraction of sp³-hybridized carbons (Fsp3) is 0.625. The predicted octanol–water partition coefficient (Wildman–Crippen LogP) is 2.94. The summed E-state index contributed by atoms with van der Waals surface area (Å²) >= 11 is 0. The number of esters is 1. The van der Waals surface area contributed by atoms with E-state index in [1.54, 1.807) is 0 Å². The molecule has 0 aromatic rings. The minimum absolute atomic E-state index is 1.15. The SMILES string of the molecule is C=C(CC(F)(F)C(F)F)C(=O)OCC(F)(F)F. The summed E-state index contributed by atoms with van der Waals surface area (Å²) in [5.74, 6) is -6.32. The van der Waals surface area contributed by atoms with E-state index in [9.17, 15) is 35.5 Å². The summed E-state index contributed by atoms with van der Waals surface area (Å²) < 4.78 is 86.4. The Morgan fingerprint density at radius 3 is 2.00 bits per heavy atom. The van der Waals surface area contributed by atoms with E-state index < -0.39 is 43.1 Å². The van der Waals surface area contributed by atoms with Crippen LogP contribution in [0.1, 0.15) is 6.42 Å². The van der Waals surface area contributed by atoms with E-state index in [0.29, 0.717) is 0 Å². The summed E-state index contributed by atoms with van der Waals surface area (Å²) in [6.07, 6.45) is -10.6. The van der Waals surface area contributed by atoms with Crippen LogP contribution in [0.3, 0.4) is 0 Å². The maximum Gasteiger partial charge on any atom is 0.422 e. The van der Waals surface area contributed by atoms with Gasteiger partial charge in [0.1, 0.15) is 0 Å². The number of alkyl halides is 7.